The molecule has 104 valence electrons. The van der Waals surface area contributed by atoms with Gasteiger partial charge in [-0.05, 0) is 37.7 Å². The number of anilines is 2. The van der Waals surface area contributed by atoms with Gasteiger partial charge in [0.1, 0.15) is 5.82 Å². The number of nitrogen functional groups attached to an aromatic ring is 1. The summed E-state index contributed by atoms with van der Waals surface area (Å²) in [6.45, 7) is 2.28. The lowest BCUT2D eigenvalue weighted by Gasteiger charge is -2.34. The molecule has 1 aliphatic carbocycles. The van der Waals surface area contributed by atoms with Crippen LogP contribution in [0.2, 0.25) is 0 Å². The van der Waals surface area contributed by atoms with E-state index in [1.165, 1.54) is 19.0 Å². The van der Waals surface area contributed by atoms with E-state index >= 15 is 0 Å². The smallest absolute Gasteiger partial charge is 0.337 e. The maximum Gasteiger partial charge on any atom is 0.337 e. The fourth-order valence-corrected chi connectivity index (χ4v) is 2.65. The third-order valence-electron chi connectivity index (χ3n) is 4.05. The van der Waals surface area contributed by atoms with Gasteiger partial charge in [0.05, 0.1) is 17.4 Å². The first-order chi connectivity index (χ1) is 8.99. The largest absolute Gasteiger partial charge is 0.478 e. The van der Waals surface area contributed by atoms with Crippen molar-refractivity contribution < 1.29 is 9.90 Å². The van der Waals surface area contributed by atoms with E-state index in [9.17, 15) is 4.79 Å². The molecule has 0 radical (unpaired) electrons. The van der Waals surface area contributed by atoms with Gasteiger partial charge < -0.3 is 15.7 Å². The second-order valence-corrected chi connectivity index (χ2v) is 5.46. The lowest BCUT2D eigenvalue weighted by Crippen LogP contribution is -2.35. The summed E-state index contributed by atoms with van der Waals surface area (Å²) in [5.74, 6) is 0.469. The molecule has 1 fully saturated rings. The van der Waals surface area contributed by atoms with Crippen LogP contribution in [-0.2, 0) is 0 Å². The molecule has 5 heteroatoms. The molecule has 1 saturated carbocycles. The van der Waals surface area contributed by atoms with Crippen LogP contribution < -0.4 is 10.6 Å². The highest BCUT2D eigenvalue weighted by Gasteiger charge is 2.23. The molecule has 1 heterocycles. The average molecular weight is 263 g/mol. The Kier molecular flexibility index (Phi) is 3.93. The Morgan fingerprint density at radius 3 is 2.63 bits per heavy atom. The number of carboxylic acid groups (broad SMARTS) is 1. The van der Waals surface area contributed by atoms with Gasteiger partial charge >= 0.3 is 5.97 Å². The van der Waals surface area contributed by atoms with Crippen LogP contribution in [-0.4, -0.2) is 29.1 Å². The molecule has 0 aliphatic heterocycles. The second kappa shape index (κ2) is 5.47. The predicted octanol–water partition coefficient (Wildman–Crippen LogP) is 2.38. The van der Waals surface area contributed by atoms with E-state index in [1.807, 2.05) is 7.05 Å². The number of pyridine rings is 1. The van der Waals surface area contributed by atoms with Gasteiger partial charge in [-0.15, -0.1) is 0 Å². The number of hydrogen-bond acceptors (Lipinski definition) is 4. The van der Waals surface area contributed by atoms with E-state index < -0.39 is 5.97 Å². The Bertz CT molecular complexity index is 468. The van der Waals surface area contributed by atoms with Crippen molar-refractivity contribution in [3.05, 3.63) is 17.8 Å². The number of carboxylic acids is 1. The van der Waals surface area contributed by atoms with Crippen molar-refractivity contribution >= 4 is 17.5 Å². The minimum Gasteiger partial charge on any atom is -0.478 e. The molecule has 0 aromatic carbocycles. The molecule has 1 aliphatic rings. The Morgan fingerprint density at radius 1 is 1.42 bits per heavy atom. The van der Waals surface area contributed by atoms with Gasteiger partial charge in [0, 0.05) is 13.1 Å². The second-order valence-electron chi connectivity index (χ2n) is 5.46. The van der Waals surface area contributed by atoms with Gasteiger partial charge in [-0.3, -0.25) is 0 Å². The minimum absolute atomic E-state index is 0.126. The maximum absolute atomic E-state index is 11.1. The van der Waals surface area contributed by atoms with Gasteiger partial charge in [-0.1, -0.05) is 6.92 Å². The highest BCUT2D eigenvalue weighted by atomic mass is 16.4. The van der Waals surface area contributed by atoms with Crippen LogP contribution in [0.4, 0.5) is 11.5 Å². The number of aromatic nitrogens is 1. The van der Waals surface area contributed by atoms with Crippen LogP contribution >= 0.6 is 0 Å². The third-order valence-corrected chi connectivity index (χ3v) is 4.05. The molecule has 2 rings (SSSR count). The summed E-state index contributed by atoms with van der Waals surface area (Å²) in [7, 11) is 1.98. The molecule has 0 amide bonds. The van der Waals surface area contributed by atoms with Crippen molar-refractivity contribution in [2.45, 2.75) is 38.6 Å². The van der Waals surface area contributed by atoms with Crippen LogP contribution in [0.15, 0.2) is 12.3 Å². The summed E-state index contributed by atoms with van der Waals surface area (Å²) >= 11 is 0. The Hall–Kier alpha value is -1.78. The number of aromatic carboxylic acids is 1. The highest BCUT2D eigenvalue weighted by Crippen LogP contribution is 2.29. The van der Waals surface area contributed by atoms with Gasteiger partial charge in [-0.25, -0.2) is 9.78 Å². The van der Waals surface area contributed by atoms with Gasteiger partial charge in [0.25, 0.3) is 0 Å². The van der Waals surface area contributed by atoms with E-state index in [4.69, 9.17) is 10.8 Å². The van der Waals surface area contributed by atoms with Crippen molar-refractivity contribution in [3.63, 3.8) is 0 Å². The first-order valence-corrected chi connectivity index (χ1v) is 6.70. The van der Waals surface area contributed by atoms with Gasteiger partial charge in [-0.2, -0.15) is 0 Å². The lowest BCUT2D eigenvalue weighted by atomic mass is 9.87. The molecular formula is C14H21N3O2. The summed E-state index contributed by atoms with van der Waals surface area (Å²) in [4.78, 5) is 17.4. The van der Waals surface area contributed by atoms with Crippen LogP contribution in [0.25, 0.3) is 0 Å². The van der Waals surface area contributed by atoms with Crippen LogP contribution in [0.5, 0.6) is 0 Å². The van der Waals surface area contributed by atoms with E-state index in [2.05, 4.69) is 16.8 Å². The predicted molar refractivity (Wildman–Crippen MR) is 75.4 cm³/mol. The molecule has 1 aromatic rings. The molecule has 0 spiro atoms. The summed E-state index contributed by atoms with van der Waals surface area (Å²) < 4.78 is 0. The summed E-state index contributed by atoms with van der Waals surface area (Å²) in [5, 5.41) is 9.09. The average Bonchev–Trinajstić information content (AvgIpc) is 2.39. The van der Waals surface area contributed by atoms with E-state index in [-0.39, 0.29) is 11.3 Å². The standard InChI is InChI=1S/C14H21N3O2/c1-9-3-5-10(6-4-9)17(2)13-7-11(14(18)19)12(15)8-16-13/h7-10H,3-6,15H2,1-2H3,(H,18,19). The zero-order chi connectivity index (χ0) is 14.0. The summed E-state index contributed by atoms with van der Waals surface area (Å²) in [6, 6.07) is 2.00. The number of hydrogen-bond donors (Lipinski definition) is 2. The fourth-order valence-electron chi connectivity index (χ4n) is 2.65. The molecule has 0 atom stereocenters. The normalized spacial score (nSPS) is 23.1. The summed E-state index contributed by atoms with van der Waals surface area (Å²) in [5.41, 5.74) is 5.96. The van der Waals surface area contributed by atoms with E-state index in [0.717, 1.165) is 18.8 Å². The van der Waals surface area contributed by atoms with E-state index in [1.54, 1.807) is 6.07 Å². The summed E-state index contributed by atoms with van der Waals surface area (Å²) in [6.07, 6.45) is 6.13. The maximum atomic E-state index is 11.1. The number of carbonyl (C=O) groups is 1. The minimum atomic E-state index is -1.01. The molecule has 19 heavy (non-hydrogen) atoms. The molecule has 5 nitrogen and oxygen atoms in total. The SMILES string of the molecule is CC1CCC(N(C)c2cc(C(=O)O)c(N)cn2)CC1. The zero-order valence-electron chi connectivity index (χ0n) is 11.5. The van der Waals surface area contributed by atoms with Crippen molar-refractivity contribution in [3.8, 4) is 0 Å². The third kappa shape index (κ3) is 2.97. The molecule has 1 aromatic heterocycles. The van der Waals surface area contributed by atoms with Crippen LogP contribution in [0.3, 0.4) is 0 Å². The molecule has 3 N–H and O–H groups in total. The first-order valence-electron chi connectivity index (χ1n) is 6.70. The Balaban J connectivity index is 2.17. The molecule has 0 saturated heterocycles. The van der Waals surface area contributed by atoms with Gasteiger partial charge in [0.2, 0.25) is 0 Å². The number of nitrogens with zero attached hydrogens (tertiary/aromatic N) is 2. The molecule has 0 bridgehead atoms. The van der Waals surface area contributed by atoms with Crippen molar-refractivity contribution in [1.82, 2.24) is 4.98 Å². The van der Waals surface area contributed by atoms with Crippen molar-refractivity contribution in [2.24, 2.45) is 5.92 Å². The first kappa shape index (κ1) is 13.6. The lowest BCUT2D eigenvalue weighted by molar-refractivity contribution is 0.0698. The van der Waals surface area contributed by atoms with Crippen LogP contribution in [0.1, 0.15) is 43.0 Å². The van der Waals surface area contributed by atoms with Crippen LogP contribution in [0, 0.1) is 5.92 Å². The number of rotatable bonds is 3. The topological polar surface area (TPSA) is 79.5 Å². The molecular weight excluding hydrogens is 242 g/mol. The number of nitrogens with two attached hydrogens (primary N) is 1. The zero-order valence-corrected chi connectivity index (χ0v) is 11.5. The fraction of sp³-hybridized carbons (Fsp3) is 0.571. The highest BCUT2D eigenvalue weighted by molar-refractivity contribution is 5.94. The van der Waals surface area contributed by atoms with Crippen molar-refractivity contribution in [2.75, 3.05) is 17.7 Å². The molecule has 0 unspecified atom stereocenters. The Morgan fingerprint density at radius 2 is 2.05 bits per heavy atom. The van der Waals surface area contributed by atoms with Crippen molar-refractivity contribution in [1.29, 1.82) is 0 Å². The monoisotopic (exact) mass is 263 g/mol. The van der Waals surface area contributed by atoms with E-state index in [0.29, 0.717) is 11.9 Å². The Labute approximate surface area is 113 Å². The van der Waals surface area contributed by atoms with Gasteiger partial charge in [0.15, 0.2) is 0 Å². The quantitative estimate of drug-likeness (QED) is 0.875.